The smallest absolute Gasteiger partial charge is 0.407 e. The number of nitrogens with one attached hydrogen (secondary N) is 1. The Hall–Kier alpha value is -4.47. The summed E-state index contributed by atoms with van der Waals surface area (Å²) in [7, 11) is 0. The van der Waals surface area contributed by atoms with Crippen LogP contribution in [0, 0.1) is 13.8 Å². The second-order valence-electron chi connectivity index (χ2n) is 11.3. The zero-order valence-electron chi connectivity index (χ0n) is 25.1. The number of benzene rings is 2. The molecule has 1 unspecified atom stereocenters. The largest absolute Gasteiger partial charge is 0.444 e. The van der Waals surface area contributed by atoms with E-state index in [2.05, 4.69) is 10.5 Å². The fourth-order valence-corrected chi connectivity index (χ4v) is 4.92. The van der Waals surface area contributed by atoms with Gasteiger partial charge in [0.1, 0.15) is 16.8 Å². The molecule has 0 saturated heterocycles. The van der Waals surface area contributed by atoms with E-state index in [0.29, 0.717) is 48.4 Å². The summed E-state index contributed by atoms with van der Waals surface area (Å²) in [6.45, 7) is 11.8. The van der Waals surface area contributed by atoms with E-state index in [1.54, 1.807) is 43.2 Å². The predicted molar refractivity (Wildman–Crippen MR) is 160 cm³/mol. The number of aryl methyl sites for hydroxylation is 2. The van der Waals surface area contributed by atoms with Crippen molar-refractivity contribution in [3.05, 3.63) is 93.2 Å². The Morgan fingerprint density at radius 3 is 2.43 bits per heavy atom. The van der Waals surface area contributed by atoms with Crippen LogP contribution in [-0.4, -0.2) is 50.3 Å². The fraction of sp³-hybridized carbons (Fsp3) is 0.406. The number of aromatic nitrogens is 3. The average Bonchev–Trinajstić information content (AvgIpc) is 3.32. The molecule has 10 nitrogen and oxygen atoms in total. The van der Waals surface area contributed by atoms with Crippen molar-refractivity contribution in [2.45, 2.75) is 72.6 Å². The van der Waals surface area contributed by atoms with Crippen LogP contribution in [0.2, 0.25) is 0 Å². The Bertz CT molecular complexity index is 1600. The minimum atomic E-state index is -0.615. The first kappa shape index (κ1) is 30.5. The van der Waals surface area contributed by atoms with Crippen LogP contribution >= 0.6 is 0 Å². The molecular formula is C32H39N5O5. The molecule has 0 aliphatic carbocycles. The van der Waals surface area contributed by atoms with E-state index in [1.165, 1.54) is 0 Å². The van der Waals surface area contributed by atoms with Gasteiger partial charge in [0.05, 0.1) is 18.3 Å². The summed E-state index contributed by atoms with van der Waals surface area (Å²) in [4.78, 5) is 46.8. The summed E-state index contributed by atoms with van der Waals surface area (Å²) >= 11 is 0. The lowest BCUT2D eigenvalue weighted by Crippen LogP contribution is -2.41. The second-order valence-corrected chi connectivity index (χ2v) is 11.3. The fourth-order valence-electron chi connectivity index (χ4n) is 4.92. The number of amides is 2. The molecule has 0 aliphatic rings. The molecule has 42 heavy (non-hydrogen) atoms. The summed E-state index contributed by atoms with van der Waals surface area (Å²) in [6.07, 6.45) is 0.424. The Labute approximate surface area is 245 Å². The summed E-state index contributed by atoms with van der Waals surface area (Å²) < 4.78 is 12.4. The van der Waals surface area contributed by atoms with Crippen molar-refractivity contribution in [1.29, 1.82) is 0 Å². The zero-order chi connectivity index (χ0) is 30.4. The van der Waals surface area contributed by atoms with E-state index in [9.17, 15) is 14.4 Å². The summed E-state index contributed by atoms with van der Waals surface area (Å²) in [6, 6.07) is 16.5. The molecule has 4 aromatic rings. The van der Waals surface area contributed by atoms with Crippen LogP contribution in [0.15, 0.2) is 63.9 Å². The first-order chi connectivity index (χ1) is 20.0. The van der Waals surface area contributed by atoms with E-state index in [4.69, 9.17) is 14.2 Å². The quantitative estimate of drug-likeness (QED) is 0.247. The van der Waals surface area contributed by atoms with Crippen molar-refractivity contribution in [3.8, 4) is 0 Å². The van der Waals surface area contributed by atoms with Gasteiger partial charge in [-0.3, -0.25) is 14.2 Å². The molecule has 1 N–H and O–H groups in total. The molecule has 1 atom stereocenters. The molecule has 222 valence electrons. The molecule has 0 aliphatic heterocycles. The van der Waals surface area contributed by atoms with Gasteiger partial charge in [-0.05, 0) is 64.7 Å². The monoisotopic (exact) mass is 573 g/mol. The van der Waals surface area contributed by atoms with Crippen molar-refractivity contribution in [2.24, 2.45) is 0 Å². The van der Waals surface area contributed by atoms with E-state index >= 15 is 0 Å². The van der Waals surface area contributed by atoms with Crippen LogP contribution in [0.4, 0.5) is 4.79 Å². The van der Waals surface area contributed by atoms with Gasteiger partial charge in [0.2, 0.25) is 0 Å². The Balaban J connectivity index is 1.75. The predicted octanol–water partition coefficient (Wildman–Crippen LogP) is 5.56. The first-order valence-corrected chi connectivity index (χ1v) is 14.2. The van der Waals surface area contributed by atoms with Gasteiger partial charge in [0.15, 0.2) is 0 Å². The minimum absolute atomic E-state index is 0.144. The van der Waals surface area contributed by atoms with Crippen molar-refractivity contribution in [3.63, 3.8) is 0 Å². The molecular weight excluding hydrogens is 534 g/mol. The highest BCUT2D eigenvalue weighted by atomic mass is 16.6. The lowest BCUT2D eigenvalue weighted by Gasteiger charge is -2.32. The third-order valence-electron chi connectivity index (χ3n) is 6.92. The number of carbonyl (C=O) groups excluding carboxylic acids is 2. The normalized spacial score (nSPS) is 12.2. The van der Waals surface area contributed by atoms with Crippen molar-refractivity contribution in [2.75, 3.05) is 13.1 Å². The molecule has 4 rings (SSSR count). The second kappa shape index (κ2) is 13.0. The molecule has 0 saturated carbocycles. The van der Waals surface area contributed by atoms with E-state index in [0.717, 1.165) is 11.1 Å². The number of rotatable bonds is 10. The number of hydrogen-bond acceptors (Lipinski definition) is 7. The van der Waals surface area contributed by atoms with Crippen molar-refractivity contribution in [1.82, 2.24) is 24.9 Å². The lowest BCUT2D eigenvalue weighted by atomic mass is 10.0. The molecule has 0 bridgehead atoms. The van der Waals surface area contributed by atoms with Crippen LogP contribution in [0.25, 0.3) is 11.1 Å². The van der Waals surface area contributed by atoms with E-state index < -0.39 is 17.7 Å². The van der Waals surface area contributed by atoms with E-state index in [-0.39, 0.29) is 23.7 Å². The number of carbonyl (C=O) groups is 2. The molecule has 2 aromatic heterocycles. The molecule has 0 fully saturated rings. The van der Waals surface area contributed by atoms with Crippen LogP contribution in [0.3, 0.4) is 0 Å². The maximum Gasteiger partial charge on any atom is 0.407 e. The van der Waals surface area contributed by atoms with Gasteiger partial charge >= 0.3 is 6.09 Å². The average molecular weight is 574 g/mol. The van der Waals surface area contributed by atoms with Crippen LogP contribution in [0.1, 0.15) is 79.6 Å². The third kappa shape index (κ3) is 7.05. The van der Waals surface area contributed by atoms with Gasteiger partial charge in [0.25, 0.3) is 17.2 Å². The SMILES string of the molecule is CCC(c1nc2onc(C)c2c(=O)n1Cc1ccccc1)N(CCCNC(=O)OC(C)(C)C)C(=O)c1ccccc1C. The van der Waals surface area contributed by atoms with Crippen LogP contribution in [-0.2, 0) is 11.3 Å². The third-order valence-corrected chi connectivity index (χ3v) is 6.92. The van der Waals surface area contributed by atoms with Crippen molar-refractivity contribution < 1.29 is 18.8 Å². The molecule has 10 heteroatoms. The van der Waals surface area contributed by atoms with Gasteiger partial charge in [-0.2, -0.15) is 4.98 Å². The number of nitrogens with zero attached hydrogens (tertiary/aromatic N) is 4. The van der Waals surface area contributed by atoms with Crippen LogP contribution in [0.5, 0.6) is 0 Å². The van der Waals surface area contributed by atoms with Crippen molar-refractivity contribution >= 4 is 23.1 Å². The van der Waals surface area contributed by atoms with Gasteiger partial charge < -0.3 is 19.5 Å². The minimum Gasteiger partial charge on any atom is -0.444 e. The van der Waals surface area contributed by atoms with Gasteiger partial charge in [0, 0.05) is 18.7 Å². The first-order valence-electron chi connectivity index (χ1n) is 14.2. The number of fused-ring (bicyclic) bond motifs is 1. The highest BCUT2D eigenvalue weighted by Crippen LogP contribution is 2.28. The number of alkyl carbamates (subject to hydrolysis) is 1. The molecule has 2 heterocycles. The number of ether oxygens (including phenoxy) is 1. The Morgan fingerprint density at radius 1 is 1.07 bits per heavy atom. The Morgan fingerprint density at radius 2 is 1.76 bits per heavy atom. The van der Waals surface area contributed by atoms with Gasteiger partial charge in [-0.25, -0.2) is 4.79 Å². The van der Waals surface area contributed by atoms with Gasteiger partial charge in [-0.15, -0.1) is 0 Å². The highest BCUT2D eigenvalue weighted by molar-refractivity contribution is 5.96. The van der Waals surface area contributed by atoms with E-state index in [1.807, 2.05) is 62.4 Å². The standard InChI is InChI=1S/C32H39N5O5/c1-7-25(27-34-28-26(22(3)35-42-28)30(39)37(27)20-23-15-9-8-10-16-23)36(29(38)24-17-12-11-14-21(24)2)19-13-18-33-31(40)41-32(4,5)6/h8-12,14-17,25H,7,13,18-20H2,1-6H3,(H,33,40). The summed E-state index contributed by atoms with van der Waals surface area (Å²) in [5.41, 5.74) is 2.04. The summed E-state index contributed by atoms with van der Waals surface area (Å²) in [5.74, 6) is 0.226. The zero-order valence-corrected chi connectivity index (χ0v) is 25.1. The highest BCUT2D eigenvalue weighted by Gasteiger charge is 2.31. The van der Waals surface area contributed by atoms with Crippen LogP contribution < -0.4 is 10.9 Å². The maximum absolute atomic E-state index is 14.1. The molecule has 2 aromatic carbocycles. The topological polar surface area (TPSA) is 120 Å². The lowest BCUT2D eigenvalue weighted by molar-refractivity contribution is 0.0523. The van der Waals surface area contributed by atoms with Gasteiger partial charge in [-0.1, -0.05) is 60.6 Å². The summed E-state index contributed by atoms with van der Waals surface area (Å²) in [5, 5.41) is 7.08. The molecule has 0 spiro atoms. The Kier molecular flexibility index (Phi) is 9.45. The molecule has 0 radical (unpaired) electrons. The number of hydrogen-bond donors (Lipinski definition) is 1. The maximum atomic E-state index is 14.1. The molecule has 2 amide bonds.